The first-order valence-corrected chi connectivity index (χ1v) is 15.6. The van der Waals surface area contributed by atoms with Crippen molar-refractivity contribution in [2.24, 2.45) is 0 Å². The Morgan fingerprint density at radius 3 is 2.02 bits per heavy atom. The minimum atomic E-state index is -0.965. The summed E-state index contributed by atoms with van der Waals surface area (Å²) in [7, 11) is 1.63. The molecule has 4 rings (SSSR count). The monoisotopic (exact) mass is 618 g/mol. The van der Waals surface area contributed by atoms with E-state index < -0.39 is 5.97 Å². The number of piperazine rings is 1. The van der Waals surface area contributed by atoms with Gasteiger partial charge >= 0.3 is 5.97 Å². The number of hydrogen-bond acceptors (Lipinski definition) is 5. The molecular formula is C37H47ClN2O4. The maximum absolute atomic E-state index is 10.6. The van der Waals surface area contributed by atoms with Gasteiger partial charge in [-0.25, -0.2) is 4.79 Å². The van der Waals surface area contributed by atoms with E-state index in [-0.39, 0.29) is 12.4 Å². The summed E-state index contributed by atoms with van der Waals surface area (Å²) in [5.41, 5.74) is 3.67. The molecule has 1 saturated heterocycles. The second-order valence-corrected chi connectivity index (χ2v) is 11.0. The molecule has 3 aromatic carbocycles. The summed E-state index contributed by atoms with van der Waals surface area (Å²) in [6.45, 7) is 6.33. The number of benzene rings is 3. The molecule has 44 heavy (non-hydrogen) atoms. The maximum atomic E-state index is 10.6. The standard InChI is InChI=1S/C37H46N2O4.ClH/c1-42-35-30-31(16-12-13-21-36(40)41)22-23-34(35)43-29-15-5-3-2-4-14-24-38-25-27-39(28-26-38)37(32-17-8-6-9-18-32)33-19-10-7-11-20-33;/h6-13,16-23,30,37H,2-5,14-15,24-29H2,1H3,(H,40,41);1H. The molecule has 0 aromatic heterocycles. The second-order valence-electron chi connectivity index (χ2n) is 11.0. The molecule has 1 aliphatic rings. The third kappa shape index (κ3) is 11.5. The van der Waals surface area contributed by atoms with Crippen molar-refractivity contribution in [3.05, 3.63) is 114 Å². The van der Waals surface area contributed by atoms with Crippen molar-refractivity contribution in [2.45, 2.75) is 44.6 Å². The molecule has 0 bridgehead atoms. The van der Waals surface area contributed by atoms with Gasteiger partial charge in [0.25, 0.3) is 0 Å². The highest BCUT2D eigenvalue weighted by Crippen LogP contribution is 2.30. The Labute approximate surface area is 269 Å². The Morgan fingerprint density at radius 1 is 0.795 bits per heavy atom. The second kappa shape index (κ2) is 19.6. The Morgan fingerprint density at radius 2 is 1.41 bits per heavy atom. The first-order chi connectivity index (χ1) is 21.1. The van der Waals surface area contributed by atoms with E-state index in [1.165, 1.54) is 49.4 Å². The molecule has 0 saturated carbocycles. The molecule has 0 atom stereocenters. The number of carbonyl (C=O) groups is 1. The summed E-state index contributed by atoms with van der Waals surface area (Å²) >= 11 is 0. The van der Waals surface area contributed by atoms with Crippen LogP contribution in [0.25, 0.3) is 6.08 Å². The summed E-state index contributed by atoms with van der Waals surface area (Å²) in [5.74, 6) is 0.452. The van der Waals surface area contributed by atoms with Gasteiger partial charge < -0.3 is 19.5 Å². The van der Waals surface area contributed by atoms with Gasteiger partial charge in [0.1, 0.15) is 0 Å². The third-order valence-corrected chi connectivity index (χ3v) is 7.96. The molecule has 0 unspecified atom stereocenters. The van der Waals surface area contributed by atoms with Crippen LogP contribution in [0.3, 0.4) is 0 Å². The van der Waals surface area contributed by atoms with E-state index in [1.54, 1.807) is 13.2 Å². The number of carboxylic acids is 1. The number of hydrogen-bond donors (Lipinski definition) is 1. The third-order valence-electron chi connectivity index (χ3n) is 7.96. The van der Waals surface area contributed by atoms with Crippen molar-refractivity contribution >= 4 is 24.5 Å². The van der Waals surface area contributed by atoms with E-state index in [4.69, 9.17) is 14.6 Å². The first-order valence-electron chi connectivity index (χ1n) is 15.6. The van der Waals surface area contributed by atoms with Gasteiger partial charge in [0, 0.05) is 32.3 Å². The van der Waals surface area contributed by atoms with Crippen LogP contribution in [0.5, 0.6) is 11.5 Å². The van der Waals surface area contributed by atoms with Crippen LogP contribution < -0.4 is 9.47 Å². The highest BCUT2D eigenvalue weighted by Gasteiger charge is 2.26. The molecule has 0 aliphatic carbocycles. The van der Waals surface area contributed by atoms with E-state index >= 15 is 0 Å². The molecular weight excluding hydrogens is 572 g/mol. The number of allylic oxidation sites excluding steroid dienone is 2. The smallest absolute Gasteiger partial charge is 0.328 e. The van der Waals surface area contributed by atoms with Gasteiger partial charge in [0.15, 0.2) is 11.5 Å². The zero-order valence-electron chi connectivity index (χ0n) is 25.9. The van der Waals surface area contributed by atoms with Gasteiger partial charge in [-0.1, -0.05) is 111 Å². The van der Waals surface area contributed by atoms with Gasteiger partial charge in [-0.05, 0) is 48.2 Å². The van der Waals surface area contributed by atoms with Crippen LogP contribution in [-0.2, 0) is 4.79 Å². The highest BCUT2D eigenvalue weighted by atomic mass is 35.5. The molecule has 236 valence electrons. The lowest BCUT2D eigenvalue weighted by atomic mass is 9.96. The Hall–Kier alpha value is -3.58. The lowest BCUT2D eigenvalue weighted by Gasteiger charge is -2.39. The van der Waals surface area contributed by atoms with Crippen LogP contribution in [0.4, 0.5) is 0 Å². The van der Waals surface area contributed by atoms with E-state index in [1.807, 2.05) is 24.3 Å². The van der Waals surface area contributed by atoms with Crippen LogP contribution in [0, 0.1) is 0 Å². The van der Waals surface area contributed by atoms with Crippen LogP contribution in [-0.4, -0.2) is 67.3 Å². The average molecular weight is 619 g/mol. The molecule has 1 fully saturated rings. The van der Waals surface area contributed by atoms with Crippen LogP contribution in [0.1, 0.15) is 61.3 Å². The number of halogens is 1. The summed E-state index contributed by atoms with van der Waals surface area (Å²) in [4.78, 5) is 15.8. The fraction of sp³-hybridized carbons (Fsp3) is 0.378. The van der Waals surface area contributed by atoms with Crippen molar-refractivity contribution in [1.29, 1.82) is 0 Å². The summed E-state index contributed by atoms with van der Waals surface area (Å²) in [6, 6.07) is 27.9. The number of unbranched alkanes of at least 4 members (excludes halogenated alkanes) is 5. The molecule has 7 heteroatoms. The number of nitrogens with zero attached hydrogens (tertiary/aromatic N) is 2. The molecule has 1 N–H and O–H groups in total. The van der Waals surface area contributed by atoms with Gasteiger partial charge in [-0.3, -0.25) is 4.90 Å². The van der Waals surface area contributed by atoms with Crippen molar-refractivity contribution in [2.75, 3.05) is 46.4 Å². The number of aliphatic carboxylic acids is 1. The molecule has 0 amide bonds. The topological polar surface area (TPSA) is 62.2 Å². The Balaban J connectivity index is 0.00000529. The maximum Gasteiger partial charge on any atom is 0.328 e. The lowest BCUT2D eigenvalue weighted by molar-refractivity contribution is -0.131. The summed E-state index contributed by atoms with van der Waals surface area (Å²) in [6.07, 6.45) is 13.4. The molecule has 1 aliphatic heterocycles. The quantitative estimate of drug-likeness (QED) is 0.0943. The minimum Gasteiger partial charge on any atom is -0.493 e. The SMILES string of the molecule is COc1cc(C=CC=CC(=O)O)ccc1OCCCCCCCCN1CCN(C(c2ccccc2)c2ccccc2)CC1.Cl. The normalized spacial score (nSPS) is 14.2. The highest BCUT2D eigenvalue weighted by molar-refractivity contribution is 5.85. The van der Waals surface area contributed by atoms with Crippen LogP contribution in [0.2, 0.25) is 0 Å². The predicted octanol–water partition coefficient (Wildman–Crippen LogP) is 7.90. The fourth-order valence-corrected chi connectivity index (χ4v) is 5.67. The van der Waals surface area contributed by atoms with Crippen molar-refractivity contribution in [3.8, 4) is 11.5 Å². The van der Waals surface area contributed by atoms with Crippen molar-refractivity contribution in [1.82, 2.24) is 9.80 Å². The largest absolute Gasteiger partial charge is 0.493 e. The van der Waals surface area contributed by atoms with Gasteiger partial charge in [0.05, 0.1) is 19.8 Å². The molecule has 6 nitrogen and oxygen atoms in total. The van der Waals surface area contributed by atoms with Crippen LogP contribution in [0.15, 0.2) is 97.1 Å². The number of ether oxygens (including phenoxy) is 2. The van der Waals surface area contributed by atoms with Gasteiger partial charge in [-0.15, -0.1) is 12.4 Å². The van der Waals surface area contributed by atoms with Crippen molar-refractivity contribution in [3.63, 3.8) is 0 Å². The average Bonchev–Trinajstić information content (AvgIpc) is 3.04. The number of carboxylic acid groups (broad SMARTS) is 1. The van der Waals surface area contributed by atoms with E-state index in [9.17, 15) is 4.79 Å². The van der Waals surface area contributed by atoms with Crippen LogP contribution >= 0.6 is 12.4 Å². The Kier molecular flexibility index (Phi) is 15.6. The molecule has 3 aromatic rings. The number of rotatable bonds is 17. The summed E-state index contributed by atoms with van der Waals surface area (Å²) in [5, 5.41) is 8.67. The Bertz CT molecular complexity index is 1250. The molecule has 1 heterocycles. The lowest BCUT2D eigenvalue weighted by Crippen LogP contribution is -2.48. The molecule has 0 radical (unpaired) electrons. The van der Waals surface area contributed by atoms with Gasteiger partial charge in [-0.2, -0.15) is 0 Å². The minimum absolute atomic E-state index is 0. The van der Waals surface area contributed by atoms with E-state index in [2.05, 4.69) is 70.5 Å². The zero-order chi connectivity index (χ0) is 30.1. The fourth-order valence-electron chi connectivity index (χ4n) is 5.67. The first kappa shape index (κ1) is 34.9. The van der Waals surface area contributed by atoms with E-state index in [0.29, 0.717) is 18.4 Å². The van der Waals surface area contributed by atoms with Crippen molar-refractivity contribution < 1.29 is 19.4 Å². The zero-order valence-corrected chi connectivity index (χ0v) is 26.7. The number of methoxy groups -OCH3 is 1. The van der Waals surface area contributed by atoms with Gasteiger partial charge in [0.2, 0.25) is 0 Å². The predicted molar refractivity (Wildman–Crippen MR) is 182 cm³/mol. The van der Waals surface area contributed by atoms with E-state index in [0.717, 1.165) is 56.4 Å². The molecule has 0 spiro atoms. The summed E-state index contributed by atoms with van der Waals surface area (Å²) < 4.78 is 11.5.